The maximum Gasteiger partial charge on any atom is 0.225 e. The Balaban J connectivity index is 2.72. The molecule has 0 fully saturated rings. The summed E-state index contributed by atoms with van der Waals surface area (Å²) < 4.78 is 13.2. The molecule has 0 aliphatic carbocycles. The molecule has 0 aliphatic rings. The molecule has 1 amide bonds. The third-order valence-corrected chi connectivity index (χ3v) is 2.58. The highest BCUT2D eigenvalue weighted by atomic mass is 79.9. The third kappa shape index (κ3) is 3.38. The number of rotatable bonds is 3. The predicted molar refractivity (Wildman–Crippen MR) is 61.1 cm³/mol. The second kappa shape index (κ2) is 5.46. The summed E-state index contributed by atoms with van der Waals surface area (Å²) in [7, 11) is 0. The van der Waals surface area contributed by atoms with Crippen molar-refractivity contribution in [3.8, 4) is 0 Å². The SMILES string of the molecule is O=C(CCBr)Nc1ccc(F)cc1Br. The summed E-state index contributed by atoms with van der Waals surface area (Å²) >= 11 is 6.32. The summed E-state index contributed by atoms with van der Waals surface area (Å²) in [5.74, 6) is -0.440. The van der Waals surface area contributed by atoms with Gasteiger partial charge in [0.15, 0.2) is 0 Å². The zero-order valence-corrected chi connectivity index (χ0v) is 10.4. The van der Waals surface area contributed by atoms with Crippen molar-refractivity contribution in [2.24, 2.45) is 0 Å². The van der Waals surface area contributed by atoms with Crippen LogP contribution in [-0.2, 0) is 4.79 Å². The number of halogens is 3. The number of hydrogen-bond donors (Lipinski definition) is 1. The van der Waals surface area contributed by atoms with Gasteiger partial charge in [0.2, 0.25) is 5.91 Å². The first-order valence-electron chi connectivity index (χ1n) is 3.94. The van der Waals surface area contributed by atoms with Gasteiger partial charge in [-0.3, -0.25) is 4.79 Å². The first kappa shape index (κ1) is 11.7. The molecule has 0 aliphatic heterocycles. The summed E-state index contributed by atoms with van der Waals surface area (Å²) in [5, 5.41) is 3.26. The van der Waals surface area contributed by atoms with Gasteiger partial charge in [-0.25, -0.2) is 4.39 Å². The molecule has 0 radical (unpaired) electrons. The van der Waals surface area contributed by atoms with Crippen molar-refractivity contribution in [2.75, 3.05) is 10.6 Å². The second-order valence-corrected chi connectivity index (χ2v) is 4.26. The summed E-state index contributed by atoms with van der Waals surface area (Å²) in [4.78, 5) is 11.2. The Morgan fingerprint density at radius 2 is 2.21 bits per heavy atom. The van der Waals surface area contributed by atoms with Gasteiger partial charge in [-0.05, 0) is 34.1 Å². The van der Waals surface area contributed by atoms with E-state index in [1.165, 1.54) is 18.2 Å². The number of hydrogen-bond acceptors (Lipinski definition) is 1. The van der Waals surface area contributed by atoms with Crippen LogP contribution in [0.2, 0.25) is 0 Å². The van der Waals surface area contributed by atoms with Gasteiger partial charge in [0.25, 0.3) is 0 Å². The van der Waals surface area contributed by atoms with E-state index >= 15 is 0 Å². The molecule has 1 aromatic carbocycles. The van der Waals surface area contributed by atoms with Crippen LogP contribution in [0.5, 0.6) is 0 Å². The lowest BCUT2D eigenvalue weighted by Crippen LogP contribution is -2.11. The van der Waals surface area contributed by atoms with Crippen molar-refractivity contribution >= 4 is 43.5 Å². The summed E-state index contributed by atoms with van der Waals surface area (Å²) in [5.41, 5.74) is 0.581. The lowest BCUT2D eigenvalue weighted by Gasteiger charge is -2.05. The molecule has 0 saturated carbocycles. The van der Waals surface area contributed by atoms with Crippen molar-refractivity contribution in [3.63, 3.8) is 0 Å². The number of amides is 1. The average molecular weight is 325 g/mol. The molecule has 1 aromatic rings. The maximum atomic E-state index is 12.7. The van der Waals surface area contributed by atoms with Gasteiger partial charge >= 0.3 is 0 Å². The van der Waals surface area contributed by atoms with Gasteiger partial charge < -0.3 is 5.32 Å². The molecule has 5 heteroatoms. The minimum Gasteiger partial charge on any atom is -0.325 e. The fourth-order valence-corrected chi connectivity index (χ4v) is 1.70. The molecule has 0 atom stereocenters. The van der Waals surface area contributed by atoms with Gasteiger partial charge in [0.05, 0.1) is 5.69 Å². The minimum absolute atomic E-state index is 0.103. The zero-order chi connectivity index (χ0) is 10.6. The summed E-state index contributed by atoms with van der Waals surface area (Å²) in [6.07, 6.45) is 0.393. The lowest BCUT2D eigenvalue weighted by molar-refractivity contribution is -0.115. The second-order valence-electron chi connectivity index (χ2n) is 2.61. The number of benzene rings is 1. The number of carbonyl (C=O) groups excluding carboxylic acids is 1. The molecular formula is C9H8Br2FNO. The Labute approximate surface area is 98.1 Å². The molecular weight excluding hydrogens is 317 g/mol. The van der Waals surface area contributed by atoms with Crippen LogP contribution in [0.15, 0.2) is 22.7 Å². The van der Waals surface area contributed by atoms with E-state index < -0.39 is 0 Å². The highest BCUT2D eigenvalue weighted by Gasteiger charge is 2.05. The van der Waals surface area contributed by atoms with Crippen LogP contribution in [0.4, 0.5) is 10.1 Å². The largest absolute Gasteiger partial charge is 0.325 e. The molecule has 0 aromatic heterocycles. The van der Waals surface area contributed by atoms with Crippen LogP contribution in [0, 0.1) is 5.82 Å². The highest BCUT2D eigenvalue weighted by Crippen LogP contribution is 2.23. The molecule has 2 nitrogen and oxygen atoms in total. The fourth-order valence-electron chi connectivity index (χ4n) is 0.889. The van der Waals surface area contributed by atoms with E-state index in [1.54, 1.807) is 0 Å². The number of anilines is 1. The molecule has 0 saturated heterocycles. The van der Waals surface area contributed by atoms with Crippen LogP contribution in [-0.4, -0.2) is 11.2 Å². The average Bonchev–Trinajstić information content (AvgIpc) is 2.10. The van der Waals surface area contributed by atoms with Gasteiger partial charge in [-0.15, -0.1) is 0 Å². The van der Waals surface area contributed by atoms with E-state index in [4.69, 9.17) is 0 Å². The molecule has 0 spiro atoms. The van der Waals surface area contributed by atoms with Gasteiger partial charge in [0, 0.05) is 16.2 Å². The van der Waals surface area contributed by atoms with E-state index in [1.807, 2.05) is 0 Å². The van der Waals surface area contributed by atoms with Crippen molar-refractivity contribution in [1.29, 1.82) is 0 Å². The maximum absolute atomic E-state index is 12.7. The van der Waals surface area contributed by atoms with Crippen LogP contribution in [0.25, 0.3) is 0 Å². The normalized spacial score (nSPS) is 9.93. The van der Waals surface area contributed by atoms with Crippen molar-refractivity contribution < 1.29 is 9.18 Å². The van der Waals surface area contributed by atoms with Gasteiger partial charge in [-0.2, -0.15) is 0 Å². The van der Waals surface area contributed by atoms with Crippen molar-refractivity contribution in [2.45, 2.75) is 6.42 Å². The smallest absolute Gasteiger partial charge is 0.225 e. The Hall–Kier alpha value is -0.420. The standard InChI is InChI=1S/C9H8Br2FNO/c10-4-3-9(14)13-8-2-1-6(12)5-7(8)11/h1-2,5H,3-4H2,(H,13,14). The molecule has 1 rings (SSSR count). The number of alkyl halides is 1. The number of carbonyl (C=O) groups is 1. The molecule has 0 heterocycles. The Kier molecular flexibility index (Phi) is 4.54. The number of nitrogens with one attached hydrogen (secondary N) is 1. The fraction of sp³-hybridized carbons (Fsp3) is 0.222. The van der Waals surface area contributed by atoms with Crippen LogP contribution < -0.4 is 5.32 Å². The van der Waals surface area contributed by atoms with Crippen molar-refractivity contribution in [1.82, 2.24) is 0 Å². The molecule has 14 heavy (non-hydrogen) atoms. The van der Waals surface area contributed by atoms with E-state index in [2.05, 4.69) is 37.2 Å². The predicted octanol–water partition coefficient (Wildman–Crippen LogP) is 3.31. The van der Waals surface area contributed by atoms with E-state index in [9.17, 15) is 9.18 Å². The van der Waals surface area contributed by atoms with Crippen LogP contribution in [0.1, 0.15) is 6.42 Å². The Morgan fingerprint density at radius 3 is 2.79 bits per heavy atom. The molecule has 0 bridgehead atoms. The Morgan fingerprint density at radius 1 is 1.50 bits per heavy atom. The monoisotopic (exact) mass is 323 g/mol. The summed E-state index contributed by atoms with van der Waals surface area (Å²) in [6.45, 7) is 0. The first-order chi connectivity index (χ1) is 6.63. The van der Waals surface area contributed by atoms with E-state index in [0.29, 0.717) is 21.9 Å². The topological polar surface area (TPSA) is 29.1 Å². The lowest BCUT2D eigenvalue weighted by atomic mass is 10.3. The first-order valence-corrected chi connectivity index (χ1v) is 5.86. The van der Waals surface area contributed by atoms with Crippen LogP contribution in [0.3, 0.4) is 0 Å². The van der Waals surface area contributed by atoms with Crippen molar-refractivity contribution in [3.05, 3.63) is 28.5 Å². The van der Waals surface area contributed by atoms with Crippen LogP contribution >= 0.6 is 31.9 Å². The minimum atomic E-state index is -0.338. The molecule has 0 unspecified atom stereocenters. The zero-order valence-electron chi connectivity index (χ0n) is 7.19. The molecule has 76 valence electrons. The van der Waals surface area contributed by atoms with E-state index in [-0.39, 0.29) is 11.7 Å². The summed E-state index contributed by atoms with van der Waals surface area (Å²) in [6, 6.07) is 4.13. The third-order valence-electron chi connectivity index (χ3n) is 1.53. The quantitative estimate of drug-likeness (QED) is 0.849. The van der Waals surface area contributed by atoms with Gasteiger partial charge in [-0.1, -0.05) is 15.9 Å². The molecule has 1 N–H and O–H groups in total. The van der Waals surface area contributed by atoms with Gasteiger partial charge in [0.1, 0.15) is 5.82 Å². The van der Waals surface area contributed by atoms with E-state index in [0.717, 1.165) is 0 Å². The Bertz CT molecular complexity index is 344. The highest BCUT2D eigenvalue weighted by molar-refractivity contribution is 9.10.